The standard InChI is InChI=1S/C19H19ClF2O3/c1-12(2)17(13-7-9-15(20)10-8-13)18(23)24-11-14-5-3-4-6-16(14)25-19(21)22/h3-10,12,17,19H,11H2,1-2H3. The Kier molecular flexibility index (Phi) is 6.76. The van der Waals surface area contributed by atoms with Crippen molar-refractivity contribution in [1.82, 2.24) is 0 Å². The first-order chi connectivity index (χ1) is 11.9. The van der Waals surface area contributed by atoms with Gasteiger partial charge in [-0.15, -0.1) is 0 Å². The van der Waals surface area contributed by atoms with E-state index in [1.807, 2.05) is 13.8 Å². The molecule has 0 aliphatic carbocycles. The number of hydrogen-bond acceptors (Lipinski definition) is 3. The largest absolute Gasteiger partial charge is 0.460 e. The fourth-order valence-electron chi connectivity index (χ4n) is 2.54. The maximum absolute atomic E-state index is 12.5. The fraction of sp³-hybridized carbons (Fsp3) is 0.316. The fourth-order valence-corrected chi connectivity index (χ4v) is 2.66. The summed E-state index contributed by atoms with van der Waals surface area (Å²) in [5.74, 6) is -0.899. The molecule has 2 rings (SSSR count). The first-order valence-electron chi connectivity index (χ1n) is 7.83. The first kappa shape index (κ1) is 19.2. The van der Waals surface area contributed by atoms with Crippen LogP contribution in [0.15, 0.2) is 48.5 Å². The van der Waals surface area contributed by atoms with E-state index in [0.717, 1.165) is 5.56 Å². The number of carbonyl (C=O) groups is 1. The van der Waals surface area contributed by atoms with Crippen LogP contribution in [0.2, 0.25) is 5.02 Å². The van der Waals surface area contributed by atoms with Crippen molar-refractivity contribution in [2.45, 2.75) is 33.0 Å². The third-order valence-corrected chi connectivity index (χ3v) is 3.96. The van der Waals surface area contributed by atoms with Gasteiger partial charge >= 0.3 is 12.6 Å². The van der Waals surface area contributed by atoms with Crippen molar-refractivity contribution in [2.24, 2.45) is 5.92 Å². The molecular weight excluding hydrogens is 350 g/mol. The number of carbonyl (C=O) groups excluding carboxylic acids is 1. The molecule has 0 radical (unpaired) electrons. The molecule has 0 aliphatic heterocycles. The molecule has 1 atom stereocenters. The monoisotopic (exact) mass is 368 g/mol. The van der Waals surface area contributed by atoms with Gasteiger partial charge in [-0.1, -0.05) is 55.8 Å². The Morgan fingerprint density at radius 3 is 2.32 bits per heavy atom. The maximum atomic E-state index is 12.5. The van der Waals surface area contributed by atoms with Crippen LogP contribution < -0.4 is 4.74 Å². The summed E-state index contributed by atoms with van der Waals surface area (Å²) in [4.78, 5) is 12.5. The smallest absolute Gasteiger partial charge is 0.387 e. The van der Waals surface area contributed by atoms with E-state index in [2.05, 4.69) is 4.74 Å². The van der Waals surface area contributed by atoms with Crippen molar-refractivity contribution in [3.05, 3.63) is 64.7 Å². The number of esters is 1. The van der Waals surface area contributed by atoms with Crippen molar-refractivity contribution >= 4 is 17.6 Å². The van der Waals surface area contributed by atoms with Crippen LogP contribution in [0.1, 0.15) is 30.9 Å². The molecule has 0 aromatic heterocycles. The zero-order chi connectivity index (χ0) is 18.4. The lowest BCUT2D eigenvalue weighted by Gasteiger charge is -2.20. The summed E-state index contributed by atoms with van der Waals surface area (Å²) in [5, 5.41) is 0.581. The zero-order valence-corrected chi connectivity index (χ0v) is 14.7. The number of halogens is 3. The Labute approximate surface area is 150 Å². The molecule has 0 spiro atoms. The van der Waals surface area contributed by atoms with Gasteiger partial charge in [0.2, 0.25) is 0 Å². The summed E-state index contributed by atoms with van der Waals surface area (Å²) in [6, 6.07) is 13.2. The van der Waals surface area contributed by atoms with Crippen LogP contribution in [-0.2, 0) is 16.1 Å². The number of ether oxygens (including phenoxy) is 2. The molecule has 25 heavy (non-hydrogen) atoms. The highest BCUT2D eigenvalue weighted by atomic mass is 35.5. The molecule has 3 nitrogen and oxygen atoms in total. The van der Waals surface area contributed by atoms with Gasteiger partial charge in [-0.25, -0.2) is 0 Å². The van der Waals surface area contributed by atoms with E-state index >= 15 is 0 Å². The summed E-state index contributed by atoms with van der Waals surface area (Å²) >= 11 is 5.88. The van der Waals surface area contributed by atoms with E-state index in [0.29, 0.717) is 10.6 Å². The maximum Gasteiger partial charge on any atom is 0.387 e. The molecule has 134 valence electrons. The number of hydrogen-bond donors (Lipinski definition) is 0. The highest BCUT2D eigenvalue weighted by Crippen LogP contribution is 2.28. The second-order valence-corrected chi connectivity index (χ2v) is 6.30. The van der Waals surface area contributed by atoms with Crippen molar-refractivity contribution in [1.29, 1.82) is 0 Å². The van der Waals surface area contributed by atoms with Crippen molar-refractivity contribution in [3.63, 3.8) is 0 Å². The first-order valence-corrected chi connectivity index (χ1v) is 8.21. The van der Waals surface area contributed by atoms with Gasteiger partial charge in [0.1, 0.15) is 12.4 Å². The van der Waals surface area contributed by atoms with Crippen LogP contribution in [0.4, 0.5) is 8.78 Å². The van der Waals surface area contributed by atoms with Crippen LogP contribution in [-0.4, -0.2) is 12.6 Å². The predicted octanol–water partition coefficient (Wildman–Crippen LogP) is 5.42. The van der Waals surface area contributed by atoms with Gasteiger partial charge in [-0.3, -0.25) is 4.79 Å². The van der Waals surface area contributed by atoms with E-state index in [4.69, 9.17) is 16.3 Å². The van der Waals surface area contributed by atoms with E-state index in [9.17, 15) is 13.6 Å². The summed E-state index contributed by atoms with van der Waals surface area (Å²) < 4.78 is 34.7. The van der Waals surface area contributed by atoms with E-state index < -0.39 is 18.5 Å². The normalized spacial score (nSPS) is 12.3. The van der Waals surface area contributed by atoms with Gasteiger partial charge in [0.05, 0.1) is 5.92 Å². The van der Waals surface area contributed by atoms with Gasteiger partial charge in [0.25, 0.3) is 0 Å². The third kappa shape index (κ3) is 5.43. The molecule has 0 N–H and O–H groups in total. The molecule has 0 heterocycles. The summed E-state index contributed by atoms with van der Waals surface area (Å²) in [6.07, 6.45) is 0. The minimum absolute atomic E-state index is 0.00114. The van der Waals surface area contributed by atoms with Crippen LogP contribution in [0.3, 0.4) is 0 Å². The number of para-hydroxylation sites is 1. The number of benzene rings is 2. The predicted molar refractivity (Wildman–Crippen MR) is 91.9 cm³/mol. The molecule has 6 heteroatoms. The number of alkyl halides is 2. The van der Waals surface area contributed by atoms with Gasteiger partial charge in [-0.05, 0) is 29.7 Å². The van der Waals surface area contributed by atoms with Crippen molar-refractivity contribution in [3.8, 4) is 5.75 Å². The Morgan fingerprint density at radius 1 is 1.08 bits per heavy atom. The van der Waals surface area contributed by atoms with Crippen LogP contribution in [0.25, 0.3) is 0 Å². The van der Waals surface area contributed by atoms with Gasteiger partial charge in [0.15, 0.2) is 0 Å². The van der Waals surface area contributed by atoms with Crippen LogP contribution in [0, 0.1) is 5.92 Å². The van der Waals surface area contributed by atoms with E-state index in [1.54, 1.807) is 42.5 Å². The van der Waals surface area contributed by atoms with Gasteiger partial charge < -0.3 is 9.47 Å². The highest BCUT2D eigenvalue weighted by molar-refractivity contribution is 6.30. The molecule has 0 bridgehead atoms. The third-order valence-electron chi connectivity index (χ3n) is 3.71. The molecule has 2 aromatic rings. The second-order valence-electron chi connectivity index (χ2n) is 5.87. The van der Waals surface area contributed by atoms with Crippen molar-refractivity contribution in [2.75, 3.05) is 0 Å². The van der Waals surface area contributed by atoms with Crippen molar-refractivity contribution < 1.29 is 23.0 Å². The minimum atomic E-state index is -2.94. The lowest BCUT2D eigenvalue weighted by atomic mass is 9.88. The van der Waals surface area contributed by atoms with E-state index in [-0.39, 0.29) is 18.3 Å². The number of rotatable bonds is 7. The Morgan fingerprint density at radius 2 is 1.72 bits per heavy atom. The lowest BCUT2D eigenvalue weighted by Crippen LogP contribution is -2.21. The Hall–Kier alpha value is -2.14. The molecule has 0 amide bonds. The molecule has 0 saturated carbocycles. The zero-order valence-electron chi connectivity index (χ0n) is 13.9. The quantitative estimate of drug-likeness (QED) is 0.612. The molecule has 0 fully saturated rings. The second kappa shape index (κ2) is 8.81. The summed E-state index contributed by atoms with van der Waals surface area (Å²) in [7, 11) is 0. The molecule has 1 unspecified atom stereocenters. The van der Waals surface area contributed by atoms with Crippen LogP contribution >= 0.6 is 11.6 Å². The minimum Gasteiger partial charge on any atom is -0.460 e. The summed E-state index contributed by atoms with van der Waals surface area (Å²) in [6.45, 7) is 0.746. The average molecular weight is 369 g/mol. The Bertz CT molecular complexity index is 702. The average Bonchev–Trinajstić information content (AvgIpc) is 2.55. The SMILES string of the molecule is CC(C)C(C(=O)OCc1ccccc1OC(F)F)c1ccc(Cl)cc1. The summed E-state index contributed by atoms with van der Waals surface area (Å²) in [5.41, 5.74) is 1.18. The lowest BCUT2D eigenvalue weighted by molar-refractivity contribution is -0.148. The van der Waals surface area contributed by atoms with Crippen LogP contribution in [0.5, 0.6) is 5.75 Å². The highest BCUT2D eigenvalue weighted by Gasteiger charge is 2.26. The molecular formula is C19H19ClF2O3. The topological polar surface area (TPSA) is 35.5 Å². The Balaban J connectivity index is 2.11. The van der Waals surface area contributed by atoms with Gasteiger partial charge in [0, 0.05) is 10.6 Å². The van der Waals surface area contributed by atoms with E-state index in [1.165, 1.54) is 6.07 Å². The van der Waals surface area contributed by atoms with Gasteiger partial charge in [-0.2, -0.15) is 8.78 Å². The molecule has 0 saturated heterocycles. The molecule has 2 aromatic carbocycles. The molecule has 0 aliphatic rings.